The summed E-state index contributed by atoms with van der Waals surface area (Å²) in [6.07, 6.45) is -7.50. The molecule has 0 spiro atoms. The first-order valence-corrected chi connectivity index (χ1v) is 15.3. The molecular weight excluding hydrogens is 588 g/mol. The SMILES string of the molecule is C[C@@H](CCCCNC(=O)CCCCOC1OC(CO)C(O)C(O)C1=O)NC(=O)CCCCOC1OC(CO)C(O)C(O)C1O. The molecule has 0 radical (unpaired) electrons. The summed E-state index contributed by atoms with van der Waals surface area (Å²) in [5, 5.41) is 73.1. The number of amides is 2. The van der Waals surface area contributed by atoms with E-state index in [2.05, 4.69) is 10.6 Å². The topological polar surface area (TPSA) is 254 Å². The molecule has 2 heterocycles. The third-order valence-corrected chi connectivity index (χ3v) is 7.50. The maximum Gasteiger partial charge on any atom is 0.221 e. The van der Waals surface area contributed by atoms with Crippen molar-refractivity contribution in [2.24, 2.45) is 0 Å². The lowest BCUT2D eigenvalue weighted by atomic mass is 9.99. The van der Waals surface area contributed by atoms with Crippen molar-refractivity contribution in [1.29, 1.82) is 0 Å². The van der Waals surface area contributed by atoms with Gasteiger partial charge in [0.1, 0.15) is 42.7 Å². The fourth-order valence-electron chi connectivity index (χ4n) is 4.77. The molecule has 0 saturated carbocycles. The van der Waals surface area contributed by atoms with Crippen molar-refractivity contribution in [1.82, 2.24) is 10.6 Å². The molecule has 0 aromatic heterocycles. The van der Waals surface area contributed by atoms with Gasteiger partial charge in [0, 0.05) is 32.0 Å². The van der Waals surface area contributed by atoms with E-state index < -0.39 is 74.3 Å². The highest BCUT2D eigenvalue weighted by molar-refractivity contribution is 5.87. The van der Waals surface area contributed by atoms with Crippen LogP contribution in [0.3, 0.4) is 0 Å². The van der Waals surface area contributed by atoms with Gasteiger partial charge in [0.25, 0.3) is 0 Å². The van der Waals surface area contributed by atoms with E-state index in [-0.39, 0.29) is 43.9 Å². The number of Topliss-reactive ketones (excluding diaryl/α,β-unsaturated/α-hetero) is 1. The molecule has 0 aliphatic carbocycles. The zero-order valence-electron chi connectivity index (χ0n) is 25.2. The first-order valence-electron chi connectivity index (χ1n) is 15.3. The van der Waals surface area contributed by atoms with Crippen LogP contribution < -0.4 is 10.6 Å². The van der Waals surface area contributed by atoms with Crippen LogP contribution in [-0.4, -0.2) is 148 Å². The van der Waals surface area contributed by atoms with Gasteiger partial charge < -0.3 is 65.3 Å². The number of ketones is 1. The van der Waals surface area contributed by atoms with Crippen LogP contribution in [0.2, 0.25) is 0 Å². The zero-order valence-corrected chi connectivity index (χ0v) is 25.2. The highest BCUT2D eigenvalue weighted by Crippen LogP contribution is 2.22. The largest absolute Gasteiger partial charge is 0.394 e. The van der Waals surface area contributed by atoms with Crippen molar-refractivity contribution >= 4 is 17.6 Å². The number of ether oxygens (including phenoxy) is 4. The number of carbonyl (C=O) groups is 3. The van der Waals surface area contributed by atoms with Crippen LogP contribution in [0.25, 0.3) is 0 Å². The van der Waals surface area contributed by atoms with E-state index in [1.165, 1.54) is 0 Å². The van der Waals surface area contributed by atoms with Crippen LogP contribution in [0.1, 0.15) is 64.7 Å². The minimum absolute atomic E-state index is 0.0411. The number of hydrogen-bond acceptors (Lipinski definition) is 14. The molecule has 2 amide bonds. The fourth-order valence-corrected chi connectivity index (χ4v) is 4.77. The van der Waals surface area contributed by atoms with Crippen LogP contribution in [0, 0.1) is 0 Å². The summed E-state index contributed by atoms with van der Waals surface area (Å²) in [4.78, 5) is 36.2. The van der Waals surface area contributed by atoms with Gasteiger partial charge in [-0.2, -0.15) is 0 Å². The normalized spacial score (nSPS) is 31.5. The van der Waals surface area contributed by atoms with Crippen LogP contribution in [0.5, 0.6) is 0 Å². The fraction of sp³-hybridized carbons (Fsp3) is 0.893. The van der Waals surface area contributed by atoms with Crippen molar-refractivity contribution in [3.63, 3.8) is 0 Å². The Balaban J connectivity index is 1.44. The summed E-state index contributed by atoms with van der Waals surface area (Å²) in [6.45, 7) is 1.55. The lowest BCUT2D eigenvalue weighted by Gasteiger charge is -2.39. The molecule has 2 aliphatic rings. The molecule has 256 valence electrons. The summed E-state index contributed by atoms with van der Waals surface area (Å²) < 4.78 is 21.2. The predicted molar refractivity (Wildman–Crippen MR) is 151 cm³/mol. The molecule has 2 rings (SSSR count). The highest BCUT2D eigenvalue weighted by atomic mass is 16.7. The predicted octanol–water partition coefficient (Wildman–Crippen LogP) is -3.04. The zero-order chi connectivity index (χ0) is 32.6. The molecule has 0 aromatic carbocycles. The van der Waals surface area contributed by atoms with Gasteiger partial charge in [0.05, 0.1) is 19.8 Å². The minimum atomic E-state index is -1.69. The van der Waals surface area contributed by atoms with E-state index in [0.717, 1.165) is 19.3 Å². The van der Waals surface area contributed by atoms with Crippen molar-refractivity contribution < 1.29 is 69.1 Å². The summed E-state index contributed by atoms with van der Waals surface area (Å²) in [5.74, 6) is -1.04. The Kier molecular flexibility index (Phi) is 17.7. The average molecular weight is 639 g/mol. The first-order chi connectivity index (χ1) is 21.0. The van der Waals surface area contributed by atoms with Gasteiger partial charge in [-0.3, -0.25) is 14.4 Å². The van der Waals surface area contributed by atoms with Crippen LogP contribution in [0.15, 0.2) is 0 Å². The Morgan fingerprint density at radius 3 is 2.05 bits per heavy atom. The molecular formula is C28H50N2O14. The van der Waals surface area contributed by atoms with E-state index >= 15 is 0 Å². The first kappa shape index (κ1) is 38.4. The molecule has 2 aliphatic heterocycles. The van der Waals surface area contributed by atoms with Crippen LogP contribution in [0.4, 0.5) is 0 Å². The van der Waals surface area contributed by atoms with E-state index in [0.29, 0.717) is 32.2 Å². The quantitative estimate of drug-likeness (QED) is 0.0601. The van der Waals surface area contributed by atoms with E-state index in [1.54, 1.807) is 0 Å². The maximum atomic E-state index is 12.2. The average Bonchev–Trinajstić information content (AvgIpc) is 3.00. The molecule has 44 heavy (non-hydrogen) atoms. The molecule has 9 N–H and O–H groups in total. The standard InChI is InChI=1S/C28H50N2O14/c1-16(30-20(34)10-4-7-13-42-28-26(40)24(38)22(36)18(15-32)44-28)8-2-5-11-29-19(33)9-3-6-12-41-27-25(39)23(37)21(35)17(14-31)43-27/h16-18,21-24,26-28,31-32,35-38,40H,2-15H2,1H3,(H,29,33)(H,30,34)/t16-,17?,18?,21?,22?,23?,24?,26?,27?,28?/m0/s1. The number of hydrogen-bond donors (Lipinski definition) is 9. The molecule has 0 aromatic rings. The number of carbonyl (C=O) groups excluding carboxylic acids is 3. The molecule has 0 bridgehead atoms. The number of aliphatic hydroxyl groups excluding tert-OH is 7. The van der Waals surface area contributed by atoms with Crippen molar-refractivity contribution in [2.45, 2.75) is 126 Å². The smallest absolute Gasteiger partial charge is 0.221 e. The summed E-state index contributed by atoms with van der Waals surface area (Å²) >= 11 is 0. The van der Waals surface area contributed by atoms with Crippen molar-refractivity contribution in [3.8, 4) is 0 Å². The second-order valence-electron chi connectivity index (χ2n) is 11.2. The molecule has 2 fully saturated rings. The van der Waals surface area contributed by atoms with Crippen molar-refractivity contribution in [3.05, 3.63) is 0 Å². The number of nitrogens with one attached hydrogen (secondary N) is 2. The Morgan fingerprint density at radius 2 is 1.39 bits per heavy atom. The van der Waals surface area contributed by atoms with Gasteiger partial charge in [0.2, 0.25) is 23.9 Å². The summed E-state index contributed by atoms with van der Waals surface area (Å²) in [6, 6.07) is -0.0411. The second-order valence-corrected chi connectivity index (χ2v) is 11.2. The Morgan fingerprint density at radius 1 is 0.773 bits per heavy atom. The van der Waals surface area contributed by atoms with Crippen LogP contribution in [-0.2, 0) is 33.3 Å². The lowest BCUT2D eigenvalue weighted by Crippen LogP contribution is -2.59. The summed E-state index contributed by atoms with van der Waals surface area (Å²) in [7, 11) is 0. The summed E-state index contributed by atoms with van der Waals surface area (Å²) in [5.41, 5.74) is 0. The van der Waals surface area contributed by atoms with Crippen LogP contribution >= 0.6 is 0 Å². The van der Waals surface area contributed by atoms with E-state index in [1.807, 2.05) is 6.92 Å². The molecule has 10 atom stereocenters. The van der Waals surface area contributed by atoms with Gasteiger partial charge >= 0.3 is 0 Å². The Labute approximate surface area is 256 Å². The monoisotopic (exact) mass is 638 g/mol. The lowest BCUT2D eigenvalue weighted by molar-refractivity contribution is -0.301. The molecule has 16 nitrogen and oxygen atoms in total. The van der Waals surface area contributed by atoms with E-state index in [4.69, 9.17) is 18.9 Å². The molecule has 9 unspecified atom stereocenters. The van der Waals surface area contributed by atoms with Gasteiger partial charge in [0.15, 0.2) is 6.29 Å². The van der Waals surface area contributed by atoms with Gasteiger partial charge in [-0.05, 0) is 51.9 Å². The third kappa shape index (κ3) is 12.5. The van der Waals surface area contributed by atoms with Gasteiger partial charge in [-0.1, -0.05) is 0 Å². The van der Waals surface area contributed by atoms with Crippen molar-refractivity contribution in [2.75, 3.05) is 33.0 Å². The molecule has 2 saturated heterocycles. The maximum absolute atomic E-state index is 12.2. The number of aliphatic hydroxyl groups is 7. The van der Waals surface area contributed by atoms with Gasteiger partial charge in [-0.15, -0.1) is 0 Å². The molecule has 16 heteroatoms. The number of rotatable bonds is 20. The Hall–Kier alpha value is -1.83. The second kappa shape index (κ2) is 20.3. The van der Waals surface area contributed by atoms with E-state index in [9.17, 15) is 50.1 Å². The Bertz CT molecular complexity index is 864. The van der Waals surface area contributed by atoms with Gasteiger partial charge in [-0.25, -0.2) is 0 Å². The minimum Gasteiger partial charge on any atom is -0.394 e. The third-order valence-electron chi connectivity index (χ3n) is 7.50. The number of unbranched alkanes of at least 4 members (excludes halogenated alkanes) is 3. The highest BCUT2D eigenvalue weighted by Gasteiger charge is 2.44.